The highest BCUT2D eigenvalue weighted by molar-refractivity contribution is 5.21. The van der Waals surface area contributed by atoms with E-state index in [2.05, 4.69) is 19.9 Å². The lowest BCUT2D eigenvalue weighted by molar-refractivity contribution is 0.169. The number of nitrogens with two attached hydrogens (primary N) is 1. The lowest BCUT2D eigenvalue weighted by atomic mass is 9.69. The van der Waals surface area contributed by atoms with Crippen molar-refractivity contribution in [2.75, 3.05) is 0 Å². The van der Waals surface area contributed by atoms with Crippen LogP contribution in [0, 0.1) is 29.1 Å². The largest absolute Gasteiger partial charge is 0.508 e. The highest BCUT2D eigenvalue weighted by Crippen LogP contribution is 2.55. The van der Waals surface area contributed by atoms with Crippen molar-refractivity contribution in [1.82, 2.24) is 0 Å². The topological polar surface area (TPSA) is 46.2 Å². The molecule has 0 aromatic heterocycles. The Labute approximate surface area is 130 Å². The second kappa shape index (κ2) is 6.56. The molecule has 6 atom stereocenters. The second-order valence-corrected chi connectivity index (χ2v) is 7.33. The SMILES string of the molecule is CC.CCC1C2CC(CC3(C)C=CC(O)=CC3)C(C2)C1N. The van der Waals surface area contributed by atoms with Gasteiger partial charge in [-0.25, -0.2) is 0 Å². The van der Waals surface area contributed by atoms with Crippen LogP contribution in [0.15, 0.2) is 24.0 Å². The Balaban J connectivity index is 0.000000774. The van der Waals surface area contributed by atoms with Crippen LogP contribution in [0.1, 0.15) is 59.8 Å². The maximum Gasteiger partial charge on any atom is 0.111 e. The summed E-state index contributed by atoms with van der Waals surface area (Å²) >= 11 is 0. The minimum Gasteiger partial charge on any atom is -0.508 e. The summed E-state index contributed by atoms with van der Waals surface area (Å²) in [7, 11) is 0. The molecule has 0 heterocycles. The third-order valence-electron chi connectivity index (χ3n) is 6.01. The fraction of sp³-hybridized carbons (Fsp3) is 0.789. The standard InChI is InChI=1S/C17H27NO.C2H6/c1-3-14-11-8-12(15(9-11)16(14)18)10-17(2)6-4-13(19)5-7-17;1-2/h4-6,11-12,14-16,19H,3,7-10,18H2,1-2H3;1-2H3. The maximum absolute atomic E-state index is 9.47. The van der Waals surface area contributed by atoms with Crippen molar-refractivity contribution < 1.29 is 5.11 Å². The number of hydrogen-bond acceptors (Lipinski definition) is 2. The van der Waals surface area contributed by atoms with Gasteiger partial charge >= 0.3 is 0 Å². The third-order valence-corrected chi connectivity index (χ3v) is 6.01. The minimum atomic E-state index is 0.225. The lowest BCUT2D eigenvalue weighted by Gasteiger charge is -2.38. The molecule has 0 aromatic rings. The zero-order valence-corrected chi connectivity index (χ0v) is 14.2. The first-order valence-electron chi connectivity index (χ1n) is 8.86. The van der Waals surface area contributed by atoms with Gasteiger partial charge in [0.25, 0.3) is 0 Å². The van der Waals surface area contributed by atoms with Gasteiger partial charge in [0.2, 0.25) is 0 Å². The summed E-state index contributed by atoms with van der Waals surface area (Å²) in [6, 6.07) is 0.439. The molecule has 3 rings (SSSR count). The van der Waals surface area contributed by atoms with Gasteiger partial charge in [-0.2, -0.15) is 0 Å². The van der Waals surface area contributed by atoms with E-state index >= 15 is 0 Å². The molecule has 0 aromatic carbocycles. The quantitative estimate of drug-likeness (QED) is 0.783. The monoisotopic (exact) mass is 291 g/mol. The molecule has 2 fully saturated rings. The molecule has 120 valence electrons. The summed E-state index contributed by atoms with van der Waals surface area (Å²) in [4.78, 5) is 0. The fourth-order valence-electron chi connectivity index (χ4n) is 5.01. The van der Waals surface area contributed by atoms with Gasteiger partial charge in [0.15, 0.2) is 0 Å². The number of allylic oxidation sites excluding steroid dienone is 3. The average molecular weight is 291 g/mol. The van der Waals surface area contributed by atoms with Crippen LogP contribution in [-0.2, 0) is 0 Å². The number of fused-ring (bicyclic) bond motifs is 2. The van der Waals surface area contributed by atoms with Crippen LogP contribution in [0.3, 0.4) is 0 Å². The summed E-state index contributed by atoms with van der Waals surface area (Å²) in [5.41, 5.74) is 6.69. The molecule has 0 spiro atoms. The van der Waals surface area contributed by atoms with Crippen molar-refractivity contribution in [3.63, 3.8) is 0 Å². The Bertz CT molecular complexity index is 412. The van der Waals surface area contributed by atoms with Gasteiger partial charge in [-0.15, -0.1) is 0 Å². The smallest absolute Gasteiger partial charge is 0.111 e. The Kier molecular flexibility index (Phi) is 5.19. The second-order valence-electron chi connectivity index (χ2n) is 7.33. The fourth-order valence-corrected chi connectivity index (χ4v) is 5.01. The van der Waals surface area contributed by atoms with E-state index in [4.69, 9.17) is 5.73 Å². The van der Waals surface area contributed by atoms with E-state index in [9.17, 15) is 5.11 Å². The molecule has 2 heteroatoms. The van der Waals surface area contributed by atoms with E-state index in [1.807, 2.05) is 26.0 Å². The van der Waals surface area contributed by atoms with Crippen molar-refractivity contribution >= 4 is 0 Å². The molecule has 2 bridgehead atoms. The van der Waals surface area contributed by atoms with E-state index in [1.165, 1.54) is 25.7 Å². The minimum absolute atomic E-state index is 0.225. The van der Waals surface area contributed by atoms with Crippen LogP contribution in [0.4, 0.5) is 0 Å². The molecular formula is C19H33NO. The highest BCUT2D eigenvalue weighted by Gasteiger charge is 2.51. The van der Waals surface area contributed by atoms with Crippen molar-refractivity contribution in [1.29, 1.82) is 0 Å². The van der Waals surface area contributed by atoms with Crippen LogP contribution >= 0.6 is 0 Å². The van der Waals surface area contributed by atoms with Crippen molar-refractivity contribution in [2.45, 2.75) is 65.8 Å². The van der Waals surface area contributed by atoms with Gasteiger partial charge in [0, 0.05) is 6.04 Å². The lowest BCUT2D eigenvalue weighted by Crippen LogP contribution is -2.40. The first kappa shape index (κ1) is 16.6. The van der Waals surface area contributed by atoms with E-state index in [1.54, 1.807) is 0 Å². The molecule has 2 nitrogen and oxygen atoms in total. The predicted octanol–water partition coefficient (Wildman–Crippen LogP) is 4.82. The van der Waals surface area contributed by atoms with Crippen LogP contribution in [0.2, 0.25) is 0 Å². The molecule has 2 saturated carbocycles. The van der Waals surface area contributed by atoms with Crippen molar-refractivity contribution in [3.05, 3.63) is 24.0 Å². The van der Waals surface area contributed by atoms with E-state index < -0.39 is 0 Å². The molecule has 3 N–H and O–H groups in total. The van der Waals surface area contributed by atoms with Gasteiger partial charge in [-0.1, -0.05) is 40.2 Å². The Hall–Kier alpha value is -0.760. The molecule has 0 radical (unpaired) electrons. The zero-order chi connectivity index (χ0) is 15.6. The average Bonchev–Trinajstić information content (AvgIpc) is 3.01. The van der Waals surface area contributed by atoms with Crippen molar-refractivity contribution in [2.24, 2.45) is 34.8 Å². The van der Waals surface area contributed by atoms with Gasteiger partial charge < -0.3 is 10.8 Å². The Morgan fingerprint density at radius 1 is 1.33 bits per heavy atom. The Morgan fingerprint density at radius 3 is 2.57 bits per heavy atom. The zero-order valence-electron chi connectivity index (χ0n) is 14.2. The predicted molar refractivity (Wildman–Crippen MR) is 90.0 cm³/mol. The van der Waals surface area contributed by atoms with Crippen LogP contribution in [-0.4, -0.2) is 11.1 Å². The summed E-state index contributed by atoms with van der Waals surface area (Å²) < 4.78 is 0. The van der Waals surface area contributed by atoms with Gasteiger partial charge in [-0.3, -0.25) is 0 Å². The molecule has 21 heavy (non-hydrogen) atoms. The van der Waals surface area contributed by atoms with Gasteiger partial charge in [0.1, 0.15) is 5.76 Å². The van der Waals surface area contributed by atoms with Crippen molar-refractivity contribution in [3.8, 4) is 0 Å². The maximum atomic E-state index is 9.47. The molecule has 0 saturated heterocycles. The van der Waals surface area contributed by atoms with Crippen LogP contribution in [0.5, 0.6) is 0 Å². The number of hydrogen-bond donors (Lipinski definition) is 2. The third kappa shape index (κ3) is 3.21. The summed E-state index contributed by atoms with van der Waals surface area (Å²) in [5.74, 6) is 3.63. The van der Waals surface area contributed by atoms with E-state index in [-0.39, 0.29) is 5.41 Å². The molecule has 3 aliphatic carbocycles. The Morgan fingerprint density at radius 2 is 2.05 bits per heavy atom. The molecule has 0 aliphatic heterocycles. The summed E-state index contributed by atoms with van der Waals surface area (Å²) in [6.45, 7) is 8.61. The molecular weight excluding hydrogens is 258 g/mol. The first-order chi connectivity index (χ1) is 10.0. The summed E-state index contributed by atoms with van der Waals surface area (Å²) in [5, 5.41) is 9.47. The summed E-state index contributed by atoms with van der Waals surface area (Å²) in [6.07, 6.45) is 12.2. The molecule has 3 aliphatic rings. The molecule has 0 amide bonds. The van der Waals surface area contributed by atoms with Gasteiger partial charge in [-0.05, 0) is 66.9 Å². The van der Waals surface area contributed by atoms with E-state index in [0.717, 1.165) is 30.1 Å². The highest BCUT2D eigenvalue weighted by atomic mass is 16.3. The molecule has 6 unspecified atom stereocenters. The van der Waals surface area contributed by atoms with E-state index in [0.29, 0.717) is 11.8 Å². The van der Waals surface area contributed by atoms with Crippen LogP contribution in [0.25, 0.3) is 0 Å². The number of rotatable bonds is 3. The number of aliphatic hydroxyl groups is 1. The first-order valence-corrected chi connectivity index (χ1v) is 8.86. The van der Waals surface area contributed by atoms with Crippen LogP contribution < -0.4 is 5.73 Å². The van der Waals surface area contributed by atoms with Gasteiger partial charge in [0.05, 0.1) is 0 Å². The normalized spacial score (nSPS) is 44.2. The number of aliphatic hydroxyl groups excluding tert-OH is 1.